The maximum absolute atomic E-state index is 12.7. The van der Waals surface area contributed by atoms with Crippen LogP contribution < -0.4 is 4.90 Å². The molecule has 1 saturated heterocycles. The van der Waals surface area contributed by atoms with E-state index in [2.05, 4.69) is 9.97 Å². The maximum Gasteiger partial charge on any atom is 0.433 e. The fourth-order valence-electron chi connectivity index (χ4n) is 2.18. The first-order valence-electron chi connectivity index (χ1n) is 6.11. The Morgan fingerprint density at radius 1 is 1.26 bits per heavy atom. The lowest BCUT2D eigenvalue weighted by Crippen LogP contribution is -2.37. The van der Waals surface area contributed by atoms with Gasteiger partial charge in [0.2, 0.25) is 0 Å². The summed E-state index contributed by atoms with van der Waals surface area (Å²) in [6.45, 7) is 2.76. The standard InChI is InChI=1S/C12H16F3N3O/c1-8-16-10(12(13,14)15)7-11(17-8)18-5-3-9(19-2)4-6-18/h7,9H,3-6H2,1-2H3. The molecule has 1 aromatic rings. The van der Waals surface area contributed by atoms with Crippen molar-refractivity contribution < 1.29 is 17.9 Å². The number of hydrogen-bond acceptors (Lipinski definition) is 4. The van der Waals surface area contributed by atoms with Gasteiger partial charge in [0, 0.05) is 26.3 Å². The van der Waals surface area contributed by atoms with Gasteiger partial charge in [-0.25, -0.2) is 9.97 Å². The van der Waals surface area contributed by atoms with E-state index in [-0.39, 0.29) is 11.9 Å². The Balaban J connectivity index is 2.19. The van der Waals surface area contributed by atoms with Gasteiger partial charge in [0.05, 0.1) is 6.10 Å². The quantitative estimate of drug-likeness (QED) is 0.831. The summed E-state index contributed by atoms with van der Waals surface area (Å²) in [6, 6.07) is 1.01. The molecule has 0 aromatic carbocycles. The van der Waals surface area contributed by atoms with Gasteiger partial charge in [-0.3, -0.25) is 0 Å². The van der Waals surface area contributed by atoms with Crippen molar-refractivity contribution in [1.29, 1.82) is 0 Å². The molecule has 0 aliphatic carbocycles. The lowest BCUT2D eigenvalue weighted by atomic mass is 10.1. The number of nitrogens with zero attached hydrogens (tertiary/aromatic N) is 3. The number of aryl methyl sites for hydroxylation is 1. The van der Waals surface area contributed by atoms with E-state index in [1.54, 1.807) is 7.11 Å². The van der Waals surface area contributed by atoms with Crippen molar-refractivity contribution in [3.63, 3.8) is 0 Å². The fourth-order valence-corrected chi connectivity index (χ4v) is 2.18. The maximum atomic E-state index is 12.7. The highest BCUT2D eigenvalue weighted by Gasteiger charge is 2.34. The third kappa shape index (κ3) is 3.34. The van der Waals surface area contributed by atoms with Crippen molar-refractivity contribution in [2.24, 2.45) is 0 Å². The van der Waals surface area contributed by atoms with E-state index in [4.69, 9.17) is 4.74 Å². The van der Waals surface area contributed by atoms with Crippen LogP contribution in [0.25, 0.3) is 0 Å². The molecule has 7 heteroatoms. The molecule has 0 atom stereocenters. The van der Waals surface area contributed by atoms with Crippen LogP contribution in [0.1, 0.15) is 24.4 Å². The molecule has 0 saturated carbocycles. The van der Waals surface area contributed by atoms with Crippen molar-refractivity contribution in [2.45, 2.75) is 32.0 Å². The highest BCUT2D eigenvalue weighted by molar-refractivity contribution is 5.41. The van der Waals surface area contributed by atoms with Crippen LogP contribution in [0.3, 0.4) is 0 Å². The van der Waals surface area contributed by atoms with Gasteiger partial charge in [0.25, 0.3) is 0 Å². The SMILES string of the molecule is COC1CCN(c2cc(C(F)(F)F)nc(C)n2)CC1. The van der Waals surface area contributed by atoms with Crippen molar-refractivity contribution in [3.8, 4) is 0 Å². The summed E-state index contributed by atoms with van der Waals surface area (Å²) in [5.41, 5.74) is -0.885. The molecule has 106 valence electrons. The molecule has 4 nitrogen and oxygen atoms in total. The molecule has 2 rings (SSSR count). The predicted molar refractivity (Wildman–Crippen MR) is 64.0 cm³/mol. The largest absolute Gasteiger partial charge is 0.433 e. The monoisotopic (exact) mass is 275 g/mol. The van der Waals surface area contributed by atoms with E-state index in [1.165, 1.54) is 6.92 Å². The summed E-state index contributed by atoms with van der Waals surface area (Å²) in [7, 11) is 1.65. The summed E-state index contributed by atoms with van der Waals surface area (Å²) < 4.78 is 43.3. The lowest BCUT2D eigenvalue weighted by molar-refractivity contribution is -0.141. The van der Waals surface area contributed by atoms with E-state index < -0.39 is 11.9 Å². The topological polar surface area (TPSA) is 38.2 Å². The van der Waals surface area contributed by atoms with E-state index in [0.29, 0.717) is 18.9 Å². The average molecular weight is 275 g/mol. The van der Waals surface area contributed by atoms with E-state index in [9.17, 15) is 13.2 Å². The molecular formula is C12H16F3N3O. The first-order valence-corrected chi connectivity index (χ1v) is 6.11. The highest BCUT2D eigenvalue weighted by atomic mass is 19.4. The van der Waals surface area contributed by atoms with Gasteiger partial charge in [-0.1, -0.05) is 0 Å². The van der Waals surface area contributed by atoms with Gasteiger partial charge < -0.3 is 9.64 Å². The molecule has 1 aliphatic heterocycles. The molecule has 0 bridgehead atoms. The predicted octanol–water partition coefficient (Wildman–Crippen LogP) is 2.42. The summed E-state index contributed by atoms with van der Waals surface area (Å²) in [6.07, 6.45) is -2.67. The summed E-state index contributed by atoms with van der Waals surface area (Å²) >= 11 is 0. The van der Waals surface area contributed by atoms with Crippen LogP contribution in [0, 0.1) is 6.92 Å². The van der Waals surface area contributed by atoms with Crippen molar-refractivity contribution in [2.75, 3.05) is 25.1 Å². The molecule has 1 aliphatic rings. The fraction of sp³-hybridized carbons (Fsp3) is 0.667. The Hall–Kier alpha value is -1.37. The van der Waals surface area contributed by atoms with E-state index >= 15 is 0 Å². The highest BCUT2D eigenvalue weighted by Crippen LogP contribution is 2.30. The van der Waals surface area contributed by atoms with Crippen LogP contribution in [-0.4, -0.2) is 36.3 Å². The molecule has 0 unspecified atom stereocenters. The molecule has 1 fully saturated rings. The Morgan fingerprint density at radius 3 is 2.42 bits per heavy atom. The number of hydrogen-bond donors (Lipinski definition) is 0. The Kier molecular flexibility index (Phi) is 3.93. The molecule has 1 aromatic heterocycles. The molecule has 2 heterocycles. The minimum atomic E-state index is -4.44. The zero-order valence-corrected chi connectivity index (χ0v) is 10.9. The van der Waals surface area contributed by atoms with Gasteiger partial charge in [0.1, 0.15) is 17.3 Å². The first kappa shape index (κ1) is 14.0. The normalized spacial score (nSPS) is 17.8. The van der Waals surface area contributed by atoms with Crippen LogP contribution in [0.15, 0.2) is 6.07 Å². The van der Waals surface area contributed by atoms with Crippen LogP contribution in [0.2, 0.25) is 0 Å². The Morgan fingerprint density at radius 2 is 1.89 bits per heavy atom. The van der Waals surface area contributed by atoms with Crippen LogP contribution in [0.4, 0.5) is 19.0 Å². The smallest absolute Gasteiger partial charge is 0.381 e. The van der Waals surface area contributed by atoms with Crippen molar-refractivity contribution in [3.05, 3.63) is 17.6 Å². The molecule has 19 heavy (non-hydrogen) atoms. The van der Waals surface area contributed by atoms with E-state index in [1.807, 2.05) is 4.90 Å². The van der Waals surface area contributed by atoms with Gasteiger partial charge >= 0.3 is 6.18 Å². The van der Waals surface area contributed by atoms with Gasteiger partial charge in [-0.15, -0.1) is 0 Å². The Bertz CT molecular complexity index is 442. The summed E-state index contributed by atoms with van der Waals surface area (Å²) in [5, 5.41) is 0. The van der Waals surface area contributed by atoms with Gasteiger partial charge in [-0.05, 0) is 19.8 Å². The average Bonchev–Trinajstić information content (AvgIpc) is 2.37. The third-order valence-electron chi connectivity index (χ3n) is 3.21. The second-order valence-corrected chi connectivity index (χ2v) is 4.58. The molecule has 0 N–H and O–H groups in total. The van der Waals surface area contributed by atoms with E-state index in [0.717, 1.165) is 18.9 Å². The van der Waals surface area contributed by atoms with Crippen LogP contribution >= 0.6 is 0 Å². The number of methoxy groups -OCH3 is 1. The molecular weight excluding hydrogens is 259 g/mol. The number of alkyl halides is 3. The molecule has 0 radical (unpaired) electrons. The van der Waals surface area contributed by atoms with Crippen LogP contribution in [0.5, 0.6) is 0 Å². The summed E-state index contributed by atoms with van der Waals surface area (Å²) in [4.78, 5) is 9.39. The van der Waals surface area contributed by atoms with Crippen molar-refractivity contribution >= 4 is 5.82 Å². The summed E-state index contributed by atoms with van der Waals surface area (Å²) in [5.74, 6) is 0.480. The Labute approximate surface area is 109 Å². The third-order valence-corrected chi connectivity index (χ3v) is 3.21. The second kappa shape index (κ2) is 5.32. The second-order valence-electron chi connectivity index (χ2n) is 4.58. The number of halogens is 3. The zero-order valence-electron chi connectivity index (χ0n) is 10.9. The van der Waals surface area contributed by atoms with Crippen molar-refractivity contribution in [1.82, 2.24) is 9.97 Å². The minimum Gasteiger partial charge on any atom is -0.381 e. The number of ether oxygens (including phenoxy) is 1. The minimum absolute atomic E-state index is 0.138. The molecule has 0 amide bonds. The number of piperidine rings is 1. The van der Waals surface area contributed by atoms with Crippen LogP contribution in [-0.2, 0) is 10.9 Å². The van der Waals surface area contributed by atoms with Gasteiger partial charge in [0.15, 0.2) is 0 Å². The van der Waals surface area contributed by atoms with Gasteiger partial charge in [-0.2, -0.15) is 13.2 Å². The number of anilines is 1. The first-order chi connectivity index (χ1) is 8.90. The zero-order chi connectivity index (χ0) is 14.0. The number of rotatable bonds is 2. The molecule has 0 spiro atoms. The number of aromatic nitrogens is 2. The lowest BCUT2D eigenvalue weighted by Gasteiger charge is -2.32.